The van der Waals surface area contributed by atoms with Crippen LogP contribution in [0.25, 0.3) is 23.0 Å². The molecule has 0 fully saturated rings. The lowest BCUT2D eigenvalue weighted by atomic mass is 10.1. The Kier molecular flexibility index (Phi) is 6.19. The lowest BCUT2D eigenvalue weighted by molar-refractivity contribution is -0.384. The molecule has 3 rings (SSSR count). The van der Waals surface area contributed by atoms with Gasteiger partial charge in [0.05, 0.1) is 10.6 Å². The van der Waals surface area contributed by atoms with E-state index in [1.807, 2.05) is 44.2 Å². The summed E-state index contributed by atoms with van der Waals surface area (Å²) < 4.78 is 1.69. The summed E-state index contributed by atoms with van der Waals surface area (Å²) in [5.41, 5.74) is 2.69. The van der Waals surface area contributed by atoms with Crippen LogP contribution >= 0.6 is 0 Å². The van der Waals surface area contributed by atoms with E-state index in [0.717, 1.165) is 12.1 Å². The van der Waals surface area contributed by atoms with E-state index in [0.29, 0.717) is 16.8 Å². The van der Waals surface area contributed by atoms with Crippen molar-refractivity contribution in [2.24, 2.45) is 0 Å². The number of nitrogens with zero attached hydrogens (tertiary/aromatic N) is 3. The van der Waals surface area contributed by atoms with Crippen molar-refractivity contribution in [3.63, 3.8) is 0 Å². The van der Waals surface area contributed by atoms with Crippen LogP contribution in [-0.2, 0) is 4.79 Å². The van der Waals surface area contributed by atoms with E-state index in [9.17, 15) is 14.9 Å². The molecular formula is C22H22N4O3. The van der Waals surface area contributed by atoms with E-state index in [-0.39, 0.29) is 17.6 Å². The molecule has 0 aliphatic heterocycles. The van der Waals surface area contributed by atoms with Crippen molar-refractivity contribution in [1.82, 2.24) is 15.1 Å². The zero-order valence-electron chi connectivity index (χ0n) is 16.3. The Morgan fingerprint density at radius 2 is 2.00 bits per heavy atom. The van der Waals surface area contributed by atoms with Gasteiger partial charge in [0, 0.05) is 41.6 Å². The van der Waals surface area contributed by atoms with Gasteiger partial charge in [0.1, 0.15) is 5.69 Å². The first kappa shape index (κ1) is 20.0. The van der Waals surface area contributed by atoms with Gasteiger partial charge in [0.2, 0.25) is 5.91 Å². The standard InChI is InChI=1S/C22H22N4O3/c1-3-16(2)23-21(27)13-12-18-15-25(19-9-5-4-6-10-19)24-22(18)17-8-7-11-20(14-17)26(28)29/h4-16H,3H2,1-2H3,(H,23,27)/b13-12+. The minimum atomic E-state index is -0.438. The van der Waals surface area contributed by atoms with Gasteiger partial charge in [0.25, 0.3) is 5.69 Å². The normalized spacial score (nSPS) is 12.1. The number of para-hydroxylation sites is 1. The average molecular weight is 390 g/mol. The van der Waals surface area contributed by atoms with Crippen LogP contribution < -0.4 is 5.32 Å². The molecule has 0 saturated carbocycles. The number of nitro benzene ring substituents is 1. The first-order valence-corrected chi connectivity index (χ1v) is 9.36. The van der Waals surface area contributed by atoms with Crippen LogP contribution in [0, 0.1) is 10.1 Å². The van der Waals surface area contributed by atoms with Crippen molar-refractivity contribution < 1.29 is 9.72 Å². The fourth-order valence-corrected chi connectivity index (χ4v) is 2.77. The number of non-ortho nitro benzene ring substituents is 1. The van der Waals surface area contributed by atoms with Crippen LogP contribution in [0.5, 0.6) is 0 Å². The first-order valence-electron chi connectivity index (χ1n) is 9.36. The summed E-state index contributed by atoms with van der Waals surface area (Å²) in [5, 5.41) is 18.7. The molecule has 29 heavy (non-hydrogen) atoms. The van der Waals surface area contributed by atoms with Gasteiger partial charge in [-0.1, -0.05) is 37.3 Å². The molecule has 0 aliphatic rings. The largest absolute Gasteiger partial charge is 0.350 e. The highest BCUT2D eigenvalue weighted by Crippen LogP contribution is 2.27. The van der Waals surface area contributed by atoms with Gasteiger partial charge in [0.15, 0.2) is 0 Å². The van der Waals surface area contributed by atoms with Crippen LogP contribution in [-0.4, -0.2) is 26.7 Å². The summed E-state index contributed by atoms with van der Waals surface area (Å²) in [4.78, 5) is 22.9. The Labute approximate surface area is 168 Å². The second-order valence-corrected chi connectivity index (χ2v) is 6.67. The van der Waals surface area contributed by atoms with Gasteiger partial charge in [-0.15, -0.1) is 0 Å². The summed E-state index contributed by atoms with van der Waals surface area (Å²) in [6.07, 6.45) is 5.78. The topological polar surface area (TPSA) is 90.1 Å². The lowest BCUT2D eigenvalue weighted by Crippen LogP contribution is -2.30. The Morgan fingerprint density at radius 3 is 2.69 bits per heavy atom. The van der Waals surface area contributed by atoms with Crippen LogP contribution in [0.4, 0.5) is 5.69 Å². The van der Waals surface area contributed by atoms with E-state index in [2.05, 4.69) is 10.4 Å². The number of hydrogen-bond acceptors (Lipinski definition) is 4. The number of aromatic nitrogens is 2. The van der Waals surface area contributed by atoms with E-state index >= 15 is 0 Å². The van der Waals surface area contributed by atoms with Gasteiger partial charge in [-0.2, -0.15) is 5.10 Å². The summed E-state index contributed by atoms with van der Waals surface area (Å²) in [7, 11) is 0. The molecule has 7 heteroatoms. The number of rotatable bonds is 7. The van der Waals surface area contributed by atoms with Crippen molar-refractivity contribution in [2.45, 2.75) is 26.3 Å². The van der Waals surface area contributed by atoms with Gasteiger partial charge < -0.3 is 5.32 Å². The molecule has 2 aromatic carbocycles. The maximum absolute atomic E-state index is 12.1. The number of hydrogen-bond donors (Lipinski definition) is 1. The predicted octanol–water partition coefficient (Wildman–Crippen LogP) is 4.38. The summed E-state index contributed by atoms with van der Waals surface area (Å²) in [6, 6.07) is 15.9. The van der Waals surface area contributed by atoms with Gasteiger partial charge in [-0.05, 0) is 31.6 Å². The molecule has 0 saturated heterocycles. The zero-order valence-corrected chi connectivity index (χ0v) is 16.3. The van der Waals surface area contributed by atoms with Crippen LogP contribution in [0.3, 0.4) is 0 Å². The molecule has 1 heterocycles. The van der Waals surface area contributed by atoms with E-state index in [4.69, 9.17) is 0 Å². The van der Waals surface area contributed by atoms with E-state index < -0.39 is 4.92 Å². The second-order valence-electron chi connectivity index (χ2n) is 6.67. The maximum Gasteiger partial charge on any atom is 0.270 e. The molecule has 0 spiro atoms. The molecule has 7 nitrogen and oxygen atoms in total. The van der Waals surface area contributed by atoms with Crippen molar-refractivity contribution >= 4 is 17.7 Å². The summed E-state index contributed by atoms with van der Waals surface area (Å²) >= 11 is 0. The van der Waals surface area contributed by atoms with Crippen molar-refractivity contribution in [3.8, 4) is 16.9 Å². The number of amides is 1. The Hall–Kier alpha value is -3.74. The number of benzene rings is 2. The molecule has 0 aliphatic carbocycles. The van der Waals surface area contributed by atoms with Gasteiger partial charge in [-0.25, -0.2) is 4.68 Å². The van der Waals surface area contributed by atoms with Crippen molar-refractivity contribution in [1.29, 1.82) is 0 Å². The fourth-order valence-electron chi connectivity index (χ4n) is 2.77. The number of carbonyl (C=O) groups is 1. The summed E-state index contributed by atoms with van der Waals surface area (Å²) in [5.74, 6) is -0.197. The minimum Gasteiger partial charge on any atom is -0.350 e. The quantitative estimate of drug-likeness (QED) is 0.368. The monoisotopic (exact) mass is 390 g/mol. The smallest absolute Gasteiger partial charge is 0.270 e. The van der Waals surface area contributed by atoms with Crippen LogP contribution in [0.1, 0.15) is 25.8 Å². The third-order valence-electron chi connectivity index (χ3n) is 4.51. The predicted molar refractivity (Wildman–Crippen MR) is 113 cm³/mol. The van der Waals surface area contributed by atoms with Crippen LogP contribution in [0.2, 0.25) is 0 Å². The molecule has 1 amide bonds. The highest BCUT2D eigenvalue weighted by molar-refractivity contribution is 5.93. The lowest BCUT2D eigenvalue weighted by Gasteiger charge is -2.08. The minimum absolute atomic E-state index is 0.0128. The third-order valence-corrected chi connectivity index (χ3v) is 4.51. The molecular weight excluding hydrogens is 368 g/mol. The molecule has 1 atom stereocenters. The fraction of sp³-hybridized carbons (Fsp3) is 0.182. The highest BCUT2D eigenvalue weighted by Gasteiger charge is 2.14. The van der Waals surface area contributed by atoms with Gasteiger partial charge in [-0.3, -0.25) is 14.9 Å². The Balaban J connectivity index is 2.02. The number of carbonyl (C=O) groups excluding carboxylic acids is 1. The molecule has 1 unspecified atom stereocenters. The Bertz CT molecular complexity index is 1040. The molecule has 0 radical (unpaired) electrons. The van der Waals surface area contributed by atoms with Crippen LogP contribution in [0.15, 0.2) is 66.9 Å². The molecule has 3 aromatic rings. The molecule has 148 valence electrons. The van der Waals surface area contributed by atoms with Crippen molar-refractivity contribution in [2.75, 3.05) is 0 Å². The third kappa shape index (κ3) is 4.95. The van der Waals surface area contributed by atoms with E-state index in [1.54, 1.807) is 29.1 Å². The highest BCUT2D eigenvalue weighted by atomic mass is 16.6. The number of nitro groups is 1. The second kappa shape index (κ2) is 8.97. The Morgan fingerprint density at radius 1 is 1.24 bits per heavy atom. The first-order chi connectivity index (χ1) is 14.0. The zero-order chi connectivity index (χ0) is 20.8. The summed E-state index contributed by atoms with van der Waals surface area (Å²) in [6.45, 7) is 3.94. The SMILES string of the molecule is CCC(C)NC(=O)/C=C/c1cn(-c2ccccc2)nc1-c1cccc([N+](=O)[O-])c1. The molecule has 1 N–H and O–H groups in total. The van der Waals surface area contributed by atoms with Gasteiger partial charge >= 0.3 is 0 Å². The molecule has 0 bridgehead atoms. The van der Waals surface area contributed by atoms with E-state index in [1.165, 1.54) is 18.2 Å². The average Bonchev–Trinajstić information content (AvgIpc) is 3.17. The van der Waals surface area contributed by atoms with Crippen molar-refractivity contribution in [3.05, 3.63) is 82.5 Å². The molecule has 1 aromatic heterocycles. The maximum atomic E-state index is 12.1. The number of nitrogens with one attached hydrogen (secondary N) is 1.